The SMILES string of the molecule is CC(C)Cc1cc(-c2cc(NCCc3c(F)cc(Br)cc3F)ncn2)ccc1CC(=O)O. The number of benzene rings is 2. The average Bonchev–Trinajstić information content (AvgIpc) is 2.70. The lowest BCUT2D eigenvalue weighted by Crippen LogP contribution is -2.09. The minimum Gasteiger partial charge on any atom is -0.481 e. The van der Waals surface area contributed by atoms with Gasteiger partial charge in [0.25, 0.3) is 0 Å². The summed E-state index contributed by atoms with van der Waals surface area (Å²) < 4.78 is 28.4. The fourth-order valence-electron chi connectivity index (χ4n) is 3.49. The van der Waals surface area contributed by atoms with Crippen LogP contribution in [0.15, 0.2) is 47.2 Å². The number of hydrogen-bond acceptors (Lipinski definition) is 4. The topological polar surface area (TPSA) is 75.1 Å². The Hall–Kier alpha value is -2.87. The van der Waals surface area contributed by atoms with E-state index in [-0.39, 0.29) is 18.4 Å². The van der Waals surface area contributed by atoms with Crippen molar-refractivity contribution in [2.75, 3.05) is 11.9 Å². The van der Waals surface area contributed by atoms with Crippen LogP contribution in [0.5, 0.6) is 0 Å². The molecule has 0 aliphatic heterocycles. The average molecular weight is 504 g/mol. The Labute approximate surface area is 194 Å². The Morgan fingerprint density at radius 2 is 1.81 bits per heavy atom. The number of carbonyl (C=O) groups is 1. The lowest BCUT2D eigenvalue weighted by Gasteiger charge is -2.13. The summed E-state index contributed by atoms with van der Waals surface area (Å²) in [4.78, 5) is 19.7. The van der Waals surface area contributed by atoms with Crippen molar-refractivity contribution < 1.29 is 18.7 Å². The maximum absolute atomic E-state index is 14.0. The smallest absolute Gasteiger partial charge is 0.307 e. The van der Waals surface area contributed by atoms with Crippen molar-refractivity contribution in [1.29, 1.82) is 0 Å². The number of hydrogen-bond donors (Lipinski definition) is 2. The minimum absolute atomic E-state index is 0.0160. The first-order valence-corrected chi connectivity index (χ1v) is 11.1. The fraction of sp³-hybridized carbons (Fsp3) is 0.292. The summed E-state index contributed by atoms with van der Waals surface area (Å²) in [7, 11) is 0. The molecule has 0 radical (unpaired) electrons. The third-order valence-electron chi connectivity index (χ3n) is 4.93. The molecule has 32 heavy (non-hydrogen) atoms. The van der Waals surface area contributed by atoms with Gasteiger partial charge in [-0.2, -0.15) is 0 Å². The third kappa shape index (κ3) is 6.32. The summed E-state index contributed by atoms with van der Waals surface area (Å²) in [5, 5.41) is 12.3. The molecule has 8 heteroatoms. The first-order chi connectivity index (χ1) is 15.2. The highest BCUT2D eigenvalue weighted by molar-refractivity contribution is 9.10. The number of aliphatic carboxylic acids is 1. The van der Waals surface area contributed by atoms with Gasteiger partial charge >= 0.3 is 5.97 Å². The molecule has 3 aromatic rings. The normalized spacial score (nSPS) is 11.1. The van der Waals surface area contributed by atoms with Gasteiger partial charge in [0.1, 0.15) is 23.8 Å². The molecule has 5 nitrogen and oxygen atoms in total. The maximum Gasteiger partial charge on any atom is 0.307 e. The van der Waals surface area contributed by atoms with Gasteiger partial charge in [-0.3, -0.25) is 4.79 Å². The Bertz CT molecular complexity index is 1100. The van der Waals surface area contributed by atoms with Crippen LogP contribution in [0.3, 0.4) is 0 Å². The van der Waals surface area contributed by atoms with E-state index >= 15 is 0 Å². The molecule has 0 aliphatic carbocycles. The van der Waals surface area contributed by atoms with Crippen molar-refractivity contribution in [3.63, 3.8) is 0 Å². The Morgan fingerprint density at radius 3 is 2.47 bits per heavy atom. The number of rotatable bonds is 9. The molecular formula is C24H24BrF2N3O2. The molecule has 0 saturated carbocycles. The number of halogens is 3. The molecule has 0 aliphatic rings. The van der Waals surface area contributed by atoms with Gasteiger partial charge in [0.05, 0.1) is 12.1 Å². The van der Waals surface area contributed by atoms with E-state index in [0.29, 0.717) is 28.4 Å². The summed E-state index contributed by atoms with van der Waals surface area (Å²) in [5.74, 6) is -1.15. The molecule has 0 amide bonds. The molecule has 1 aromatic heterocycles. The first-order valence-electron chi connectivity index (χ1n) is 10.3. The van der Waals surface area contributed by atoms with E-state index in [1.165, 1.54) is 18.5 Å². The van der Waals surface area contributed by atoms with E-state index in [9.17, 15) is 18.7 Å². The number of anilines is 1. The van der Waals surface area contributed by atoms with Crippen molar-refractivity contribution in [3.05, 3.63) is 75.5 Å². The van der Waals surface area contributed by atoms with E-state index in [0.717, 1.165) is 23.1 Å². The van der Waals surface area contributed by atoms with Crippen LogP contribution >= 0.6 is 15.9 Å². The van der Waals surface area contributed by atoms with Crippen LogP contribution in [0.25, 0.3) is 11.3 Å². The Kier molecular flexibility index (Phi) is 7.90. The second-order valence-electron chi connectivity index (χ2n) is 7.97. The molecule has 0 saturated heterocycles. The number of nitrogens with zero attached hydrogens (tertiary/aromatic N) is 2. The lowest BCUT2D eigenvalue weighted by atomic mass is 9.93. The molecule has 2 N–H and O–H groups in total. The molecule has 168 valence electrons. The van der Waals surface area contributed by atoms with Gasteiger partial charge < -0.3 is 10.4 Å². The van der Waals surface area contributed by atoms with E-state index in [4.69, 9.17) is 0 Å². The lowest BCUT2D eigenvalue weighted by molar-refractivity contribution is -0.136. The van der Waals surface area contributed by atoms with Gasteiger partial charge in [-0.15, -0.1) is 0 Å². The van der Waals surface area contributed by atoms with Gasteiger partial charge in [0.15, 0.2) is 0 Å². The number of aromatic nitrogens is 2. The second-order valence-corrected chi connectivity index (χ2v) is 8.88. The van der Waals surface area contributed by atoms with Gasteiger partial charge in [-0.1, -0.05) is 41.9 Å². The number of carboxylic acids is 1. The molecule has 0 spiro atoms. The largest absolute Gasteiger partial charge is 0.481 e. The zero-order valence-corrected chi connectivity index (χ0v) is 19.4. The monoisotopic (exact) mass is 503 g/mol. The summed E-state index contributed by atoms with van der Waals surface area (Å²) in [6, 6.07) is 9.89. The van der Waals surface area contributed by atoms with Gasteiger partial charge in [0.2, 0.25) is 0 Å². The predicted molar refractivity (Wildman–Crippen MR) is 124 cm³/mol. The fourth-order valence-corrected chi connectivity index (χ4v) is 3.89. The van der Waals surface area contributed by atoms with E-state index in [1.807, 2.05) is 18.2 Å². The number of carboxylic acid groups (broad SMARTS) is 1. The maximum atomic E-state index is 14.0. The van der Waals surface area contributed by atoms with E-state index < -0.39 is 17.6 Å². The molecule has 0 unspecified atom stereocenters. The van der Waals surface area contributed by atoms with Crippen LogP contribution in [0.1, 0.15) is 30.5 Å². The van der Waals surface area contributed by atoms with Crippen LogP contribution in [-0.4, -0.2) is 27.6 Å². The van der Waals surface area contributed by atoms with Crippen LogP contribution in [-0.2, 0) is 24.1 Å². The van der Waals surface area contributed by atoms with Gasteiger partial charge in [-0.25, -0.2) is 18.7 Å². The summed E-state index contributed by atoms with van der Waals surface area (Å²) in [6.45, 7) is 4.46. The molecule has 2 aromatic carbocycles. The van der Waals surface area contributed by atoms with Crippen molar-refractivity contribution in [2.45, 2.75) is 33.1 Å². The summed E-state index contributed by atoms with van der Waals surface area (Å²) in [5.41, 5.74) is 3.32. The number of nitrogens with one attached hydrogen (secondary N) is 1. The van der Waals surface area contributed by atoms with Crippen molar-refractivity contribution in [3.8, 4) is 11.3 Å². The first kappa shape index (κ1) is 23.8. The Morgan fingerprint density at radius 1 is 1.09 bits per heavy atom. The van der Waals surface area contributed by atoms with Crippen LogP contribution in [0.4, 0.5) is 14.6 Å². The highest BCUT2D eigenvalue weighted by atomic mass is 79.9. The molecular weight excluding hydrogens is 480 g/mol. The summed E-state index contributed by atoms with van der Waals surface area (Å²) in [6.07, 6.45) is 2.32. The molecule has 1 heterocycles. The van der Waals surface area contributed by atoms with E-state index in [1.54, 1.807) is 6.07 Å². The standard InChI is InChI=1S/C24H24BrF2N3O2/c1-14(2)7-17-8-16(4-3-15(17)9-24(31)32)22-12-23(30-13-29-22)28-6-5-19-20(26)10-18(25)11-21(19)27/h3-4,8,10-14H,5-7,9H2,1-2H3,(H,31,32)(H,28,29,30). The van der Waals surface area contributed by atoms with Gasteiger partial charge in [0, 0.05) is 28.2 Å². The van der Waals surface area contributed by atoms with Gasteiger partial charge in [-0.05, 0) is 48.1 Å². The second kappa shape index (κ2) is 10.6. The van der Waals surface area contributed by atoms with Crippen molar-refractivity contribution in [2.24, 2.45) is 5.92 Å². The molecule has 0 fully saturated rings. The molecule has 0 atom stereocenters. The highest BCUT2D eigenvalue weighted by Crippen LogP contribution is 2.25. The Balaban J connectivity index is 1.76. The van der Waals surface area contributed by atoms with Crippen molar-refractivity contribution >= 4 is 27.7 Å². The highest BCUT2D eigenvalue weighted by Gasteiger charge is 2.13. The quantitative estimate of drug-likeness (QED) is 0.393. The van der Waals surface area contributed by atoms with Crippen LogP contribution < -0.4 is 5.32 Å². The zero-order valence-electron chi connectivity index (χ0n) is 17.8. The van der Waals surface area contributed by atoms with Crippen LogP contribution in [0, 0.1) is 17.6 Å². The molecule has 3 rings (SSSR count). The third-order valence-corrected chi connectivity index (χ3v) is 5.38. The van der Waals surface area contributed by atoms with Crippen molar-refractivity contribution in [1.82, 2.24) is 9.97 Å². The van der Waals surface area contributed by atoms with E-state index in [2.05, 4.69) is 45.1 Å². The minimum atomic E-state index is -0.866. The summed E-state index contributed by atoms with van der Waals surface area (Å²) >= 11 is 3.07. The zero-order chi connectivity index (χ0) is 23.3. The predicted octanol–water partition coefficient (Wildman–Crippen LogP) is 5.66. The molecule has 0 bridgehead atoms. The van der Waals surface area contributed by atoms with Crippen LogP contribution in [0.2, 0.25) is 0 Å².